The van der Waals surface area contributed by atoms with Crippen molar-refractivity contribution in [2.24, 2.45) is 11.7 Å². The molecule has 0 aromatic heterocycles. The van der Waals surface area contributed by atoms with Crippen molar-refractivity contribution in [2.75, 3.05) is 6.54 Å². The number of amides is 2. The monoisotopic (exact) mass is 229 g/mol. The lowest BCUT2D eigenvalue weighted by atomic mass is 10.1. The van der Waals surface area contributed by atoms with Crippen LogP contribution >= 0.6 is 0 Å². The van der Waals surface area contributed by atoms with E-state index in [0.717, 1.165) is 0 Å². The zero-order valence-electron chi connectivity index (χ0n) is 10.5. The Morgan fingerprint density at radius 2 is 1.75 bits per heavy atom. The average molecular weight is 229 g/mol. The van der Waals surface area contributed by atoms with Crippen LogP contribution < -0.4 is 16.4 Å². The van der Waals surface area contributed by atoms with Gasteiger partial charge in [-0.3, -0.25) is 9.59 Å². The number of hydrogen-bond donors (Lipinski definition) is 3. The molecular weight excluding hydrogens is 206 g/mol. The van der Waals surface area contributed by atoms with Crippen molar-refractivity contribution in [3.05, 3.63) is 0 Å². The maximum Gasteiger partial charge on any atom is 0.237 e. The van der Waals surface area contributed by atoms with Gasteiger partial charge in [-0.25, -0.2) is 0 Å². The highest BCUT2D eigenvalue weighted by Gasteiger charge is 2.16. The molecule has 0 aromatic carbocycles. The van der Waals surface area contributed by atoms with E-state index >= 15 is 0 Å². The van der Waals surface area contributed by atoms with Crippen molar-refractivity contribution in [3.63, 3.8) is 0 Å². The smallest absolute Gasteiger partial charge is 0.237 e. The third-order valence-electron chi connectivity index (χ3n) is 2.12. The Labute approximate surface area is 97.2 Å². The molecule has 0 heterocycles. The maximum absolute atomic E-state index is 11.4. The van der Waals surface area contributed by atoms with Gasteiger partial charge in [0, 0.05) is 19.0 Å². The lowest BCUT2D eigenvalue weighted by molar-refractivity contribution is -0.123. The molecule has 0 aliphatic rings. The van der Waals surface area contributed by atoms with Gasteiger partial charge in [-0.2, -0.15) is 0 Å². The van der Waals surface area contributed by atoms with Gasteiger partial charge in [-0.1, -0.05) is 13.8 Å². The predicted molar refractivity (Wildman–Crippen MR) is 63.7 cm³/mol. The molecule has 4 N–H and O–H groups in total. The Hall–Kier alpha value is -1.10. The maximum atomic E-state index is 11.4. The summed E-state index contributed by atoms with van der Waals surface area (Å²) in [7, 11) is 0. The van der Waals surface area contributed by atoms with Crippen molar-refractivity contribution >= 4 is 11.8 Å². The number of carbonyl (C=O) groups is 2. The largest absolute Gasteiger partial charge is 0.354 e. The minimum absolute atomic E-state index is 0.0616. The van der Waals surface area contributed by atoms with Gasteiger partial charge in [0.25, 0.3) is 0 Å². The zero-order chi connectivity index (χ0) is 12.7. The summed E-state index contributed by atoms with van der Waals surface area (Å²) in [5.41, 5.74) is 5.65. The highest BCUT2D eigenvalue weighted by Crippen LogP contribution is 1.97. The number of nitrogens with two attached hydrogens (primary N) is 1. The summed E-state index contributed by atoms with van der Waals surface area (Å²) in [6.45, 7) is 7.89. The normalized spacial score (nSPS) is 12.7. The molecule has 0 aromatic rings. The molecular formula is C11H23N3O2. The summed E-state index contributed by atoms with van der Waals surface area (Å²) in [4.78, 5) is 22.7. The first-order valence-electron chi connectivity index (χ1n) is 5.67. The molecule has 0 aliphatic heterocycles. The molecule has 5 heteroatoms. The molecule has 0 aliphatic carbocycles. The third-order valence-corrected chi connectivity index (χ3v) is 2.12. The Morgan fingerprint density at radius 3 is 2.19 bits per heavy atom. The van der Waals surface area contributed by atoms with E-state index in [1.165, 1.54) is 0 Å². The van der Waals surface area contributed by atoms with Crippen LogP contribution in [0, 0.1) is 5.92 Å². The molecule has 0 saturated carbocycles. The van der Waals surface area contributed by atoms with E-state index in [9.17, 15) is 9.59 Å². The SMILES string of the molecule is CC(C)NC(=O)CCNC(=O)[C@@H](N)C(C)C. The number of carbonyl (C=O) groups excluding carboxylic acids is 2. The van der Waals surface area contributed by atoms with Crippen molar-refractivity contribution in [3.8, 4) is 0 Å². The highest BCUT2D eigenvalue weighted by molar-refractivity contribution is 5.82. The summed E-state index contributed by atoms with van der Waals surface area (Å²) < 4.78 is 0. The van der Waals surface area contributed by atoms with Crippen molar-refractivity contribution in [1.82, 2.24) is 10.6 Å². The van der Waals surface area contributed by atoms with E-state index in [1.807, 2.05) is 27.7 Å². The Balaban J connectivity index is 3.74. The molecule has 0 rings (SSSR count). The fourth-order valence-electron chi connectivity index (χ4n) is 1.11. The Morgan fingerprint density at radius 1 is 1.19 bits per heavy atom. The fourth-order valence-corrected chi connectivity index (χ4v) is 1.11. The van der Waals surface area contributed by atoms with Gasteiger partial charge in [0.05, 0.1) is 6.04 Å². The molecule has 0 spiro atoms. The van der Waals surface area contributed by atoms with Crippen LogP contribution in [0.2, 0.25) is 0 Å². The van der Waals surface area contributed by atoms with Crippen LogP contribution in [0.25, 0.3) is 0 Å². The van der Waals surface area contributed by atoms with E-state index in [0.29, 0.717) is 6.54 Å². The lowest BCUT2D eigenvalue weighted by Gasteiger charge is -2.15. The van der Waals surface area contributed by atoms with Crippen LogP contribution in [-0.4, -0.2) is 30.4 Å². The van der Waals surface area contributed by atoms with E-state index in [1.54, 1.807) is 0 Å². The predicted octanol–water partition coefficient (Wildman–Crippen LogP) is 0.000600. The lowest BCUT2D eigenvalue weighted by Crippen LogP contribution is -2.45. The van der Waals surface area contributed by atoms with E-state index < -0.39 is 6.04 Å². The second-order valence-corrected chi connectivity index (χ2v) is 4.53. The van der Waals surface area contributed by atoms with Crippen molar-refractivity contribution in [1.29, 1.82) is 0 Å². The molecule has 2 amide bonds. The molecule has 0 bridgehead atoms. The van der Waals surface area contributed by atoms with Gasteiger partial charge in [0.15, 0.2) is 0 Å². The van der Waals surface area contributed by atoms with Crippen LogP contribution in [0.1, 0.15) is 34.1 Å². The minimum atomic E-state index is -0.506. The Kier molecular flexibility index (Phi) is 6.72. The molecule has 94 valence electrons. The standard InChI is InChI=1S/C11H23N3O2/c1-7(2)10(12)11(16)13-6-5-9(15)14-8(3)4/h7-8,10H,5-6,12H2,1-4H3,(H,13,16)(H,14,15)/t10-/m0/s1. The first kappa shape index (κ1) is 14.9. The average Bonchev–Trinajstić information content (AvgIpc) is 2.14. The summed E-state index contributed by atoms with van der Waals surface area (Å²) in [5, 5.41) is 5.39. The number of rotatable bonds is 6. The van der Waals surface area contributed by atoms with Gasteiger partial charge in [-0.15, -0.1) is 0 Å². The molecule has 0 fully saturated rings. The van der Waals surface area contributed by atoms with Crippen LogP contribution in [-0.2, 0) is 9.59 Å². The minimum Gasteiger partial charge on any atom is -0.354 e. The first-order chi connectivity index (χ1) is 7.34. The molecule has 1 atom stereocenters. The molecule has 16 heavy (non-hydrogen) atoms. The molecule has 0 saturated heterocycles. The van der Waals surface area contributed by atoms with Gasteiger partial charge in [-0.05, 0) is 19.8 Å². The van der Waals surface area contributed by atoms with Gasteiger partial charge >= 0.3 is 0 Å². The van der Waals surface area contributed by atoms with Crippen LogP contribution in [0.5, 0.6) is 0 Å². The van der Waals surface area contributed by atoms with Crippen LogP contribution in [0.15, 0.2) is 0 Å². The van der Waals surface area contributed by atoms with Crippen molar-refractivity contribution in [2.45, 2.75) is 46.2 Å². The second kappa shape index (κ2) is 7.22. The second-order valence-electron chi connectivity index (χ2n) is 4.53. The van der Waals surface area contributed by atoms with Crippen LogP contribution in [0.3, 0.4) is 0 Å². The fraction of sp³-hybridized carbons (Fsp3) is 0.818. The topological polar surface area (TPSA) is 84.2 Å². The molecule has 0 radical (unpaired) electrons. The van der Waals surface area contributed by atoms with Gasteiger partial charge in [0.2, 0.25) is 11.8 Å². The van der Waals surface area contributed by atoms with E-state index in [4.69, 9.17) is 5.73 Å². The number of hydrogen-bond acceptors (Lipinski definition) is 3. The van der Waals surface area contributed by atoms with Crippen molar-refractivity contribution < 1.29 is 9.59 Å². The van der Waals surface area contributed by atoms with E-state index in [2.05, 4.69) is 10.6 Å². The first-order valence-corrected chi connectivity index (χ1v) is 5.67. The summed E-state index contributed by atoms with van der Waals surface area (Å²) in [5.74, 6) is -0.162. The summed E-state index contributed by atoms with van der Waals surface area (Å²) in [6.07, 6.45) is 0.286. The third kappa shape index (κ3) is 6.40. The number of nitrogens with one attached hydrogen (secondary N) is 2. The summed E-state index contributed by atoms with van der Waals surface area (Å²) >= 11 is 0. The zero-order valence-corrected chi connectivity index (χ0v) is 10.5. The van der Waals surface area contributed by atoms with Gasteiger partial charge in [0.1, 0.15) is 0 Å². The summed E-state index contributed by atoms with van der Waals surface area (Å²) in [6, 6.07) is -0.380. The Bertz CT molecular complexity index is 239. The van der Waals surface area contributed by atoms with Crippen LogP contribution in [0.4, 0.5) is 0 Å². The highest BCUT2D eigenvalue weighted by atomic mass is 16.2. The van der Waals surface area contributed by atoms with Gasteiger partial charge < -0.3 is 16.4 Å². The quantitative estimate of drug-likeness (QED) is 0.599. The molecule has 5 nitrogen and oxygen atoms in total. The molecule has 0 unspecified atom stereocenters. The van der Waals surface area contributed by atoms with E-state index in [-0.39, 0.29) is 30.2 Å².